The molecule has 3 heteroatoms. The van der Waals surface area contributed by atoms with Crippen molar-refractivity contribution in [2.75, 3.05) is 0 Å². The summed E-state index contributed by atoms with van der Waals surface area (Å²) in [4.78, 5) is 22.9. The first-order chi connectivity index (χ1) is 8.58. The van der Waals surface area contributed by atoms with Crippen molar-refractivity contribution >= 4 is 11.8 Å². The summed E-state index contributed by atoms with van der Waals surface area (Å²) in [5.74, 6) is 1.78. The Morgan fingerprint density at radius 2 is 2.00 bits per heavy atom. The predicted molar refractivity (Wildman–Crippen MR) is 67.2 cm³/mol. The van der Waals surface area contributed by atoms with Crippen LogP contribution in [0.2, 0.25) is 0 Å². The number of carboxylic acids is 1. The van der Waals surface area contributed by atoms with E-state index in [0.29, 0.717) is 36.8 Å². The number of carbonyl (C=O) groups excluding carboxylic acids is 1. The number of hydrogen-bond donors (Lipinski definition) is 1. The summed E-state index contributed by atoms with van der Waals surface area (Å²) in [7, 11) is 0. The average Bonchev–Trinajstić information content (AvgIpc) is 2.39. The van der Waals surface area contributed by atoms with Gasteiger partial charge in [-0.2, -0.15) is 0 Å². The Morgan fingerprint density at radius 1 is 1.33 bits per heavy atom. The summed E-state index contributed by atoms with van der Waals surface area (Å²) in [6.45, 7) is 0. The fraction of sp³-hybridized carbons (Fsp3) is 0.333. The van der Waals surface area contributed by atoms with Crippen LogP contribution >= 0.6 is 0 Å². The van der Waals surface area contributed by atoms with E-state index in [4.69, 9.17) is 6.42 Å². The van der Waals surface area contributed by atoms with Crippen molar-refractivity contribution in [2.24, 2.45) is 0 Å². The van der Waals surface area contributed by atoms with Crippen LogP contribution in [0.3, 0.4) is 0 Å². The zero-order valence-corrected chi connectivity index (χ0v) is 9.98. The lowest BCUT2D eigenvalue weighted by atomic mass is 9.69. The molecule has 1 saturated carbocycles. The first-order valence-corrected chi connectivity index (χ1v) is 5.91. The minimum absolute atomic E-state index is 0.139. The highest BCUT2D eigenvalue weighted by atomic mass is 16.4. The maximum absolute atomic E-state index is 11.6. The van der Waals surface area contributed by atoms with Gasteiger partial charge in [0.05, 0.1) is 5.41 Å². The molecule has 1 aromatic rings. The largest absolute Gasteiger partial charge is 0.481 e. The van der Waals surface area contributed by atoms with E-state index in [0.717, 1.165) is 0 Å². The molecule has 1 N–H and O–H groups in total. The van der Waals surface area contributed by atoms with E-state index in [2.05, 4.69) is 5.92 Å². The maximum atomic E-state index is 11.6. The lowest BCUT2D eigenvalue weighted by Crippen LogP contribution is -2.39. The zero-order chi connectivity index (χ0) is 13.2. The number of hydrogen-bond acceptors (Lipinski definition) is 2. The van der Waals surface area contributed by atoms with Gasteiger partial charge >= 0.3 is 5.97 Å². The minimum Gasteiger partial charge on any atom is -0.481 e. The summed E-state index contributed by atoms with van der Waals surface area (Å²) < 4.78 is 0. The van der Waals surface area contributed by atoms with E-state index in [1.165, 1.54) is 0 Å². The number of carbonyl (C=O) groups is 2. The van der Waals surface area contributed by atoms with Gasteiger partial charge in [0.25, 0.3) is 0 Å². The molecule has 2 rings (SSSR count). The second-order valence-corrected chi connectivity index (χ2v) is 4.65. The van der Waals surface area contributed by atoms with Gasteiger partial charge in [0.15, 0.2) is 0 Å². The van der Waals surface area contributed by atoms with Crippen LogP contribution in [0, 0.1) is 12.3 Å². The van der Waals surface area contributed by atoms with Gasteiger partial charge in [-0.05, 0) is 30.5 Å². The SMILES string of the molecule is C#Cc1cccc(C2(C(=O)O)CCC(=O)CC2)c1. The van der Waals surface area contributed by atoms with Crippen molar-refractivity contribution in [1.29, 1.82) is 0 Å². The van der Waals surface area contributed by atoms with Crippen molar-refractivity contribution < 1.29 is 14.7 Å². The zero-order valence-electron chi connectivity index (χ0n) is 9.98. The second-order valence-electron chi connectivity index (χ2n) is 4.65. The molecule has 1 aliphatic rings. The van der Waals surface area contributed by atoms with Gasteiger partial charge in [-0.1, -0.05) is 18.1 Å². The highest BCUT2D eigenvalue weighted by Crippen LogP contribution is 2.38. The van der Waals surface area contributed by atoms with E-state index >= 15 is 0 Å². The molecular weight excluding hydrogens is 228 g/mol. The molecule has 0 aliphatic heterocycles. The Labute approximate surface area is 106 Å². The molecule has 18 heavy (non-hydrogen) atoms. The van der Waals surface area contributed by atoms with Gasteiger partial charge in [0.2, 0.25) is 0 Å². The summed E-state index contributed by atoms with van der Waals surface area (Å²) >= 11 is 0. The number of aliphatic carboxylic acids is 1. The fourth-order valence-corrected chi connectivity index (χ4v) is 2.49. The number of carboxylic acid groups (broad SMARTS) is 1. The quantitative estimate of drug-likeness (QED) is 0.808. The first-order valence-electron chi connectivity index (χ1n) is 5.91. The molecule has 92 valence electrons. The highest BCUT2D eigenvalue weighted by Gasteiger charge is 2.43. The molecule has 0 unspecified atom stereocenters. The Bertz CT molecular complexity index is 527. The third-order valence-corrected chi connectivity index (χ3v) is 3.65. The first kappa shape index (κ1) is 12.4. The van der Waals surface area contributed by atoms with Crippen LogP contribution in [0.25, 0.3) is 0 Å². The monoisotopic (exact) mass is 242 g/mol. The van der Waals surface area contributed by atoms with E-state index in [9.17, 15) is 14.7 Å². The van der Waals surface area contributed by atoms with Crippen LogP contribution in [-0.4, -0.2) is 16.9 Å². The Kier molecular flexibility index (Phi) is 3.20. The van der Waals surface area contributed by atoms with Gasteiger partial charge in [-0.15, -0.1) is 6.42 Å². The molecule has 1 aliphatic carbocycles. The molecule has 0 amide bonds. The molecule has 0 spiro atoms. The van der Waals surface area contributed by atoms with E-state index in [-0.39, 0.29) is 5.78 Å². The van der Waals surface area contributed by atoms with Crippen molar-refractivity contribution in [2.45, 2.75) is 31.1 Å². The molecule has 0 bridgehead atoms. The molecule has 1 fully saturated rings. The molecule has 0 aromatic heterocycles. The number of ketones is 1. The summed E-state index contributed by atoms with van der Waals surface area (Å²) in [6.07, 6.45) is 6.70. The molecule has 0 saturated heterocycles. The number of benzene rings is 1. The van der Waals surface area contributed by atoms with Crippen LogP contribution < -0.4 is 0 Å². The van der Waals surface area contributed by atoms with Gasteiger partial charge in [0.1, 0.15) is 5.78 Å². The lowest BCUT2D eigenvalue weighted by molar-refractivity contribution is -0.146. The molecule has 0 heterocycles. The maximum Gasteiger partial charge on any atom is 0.314 e. The number of Topliss-reactive ketones (excluding diaryl/α,β-unsaturated/α-hetero) is 1. The molecule has 1 aromatic carbocycles. The Morgan fingerprint density at radius 3 is 2.56 bits per heavy atom. The number of rotatable bonds is 2. The fourth-order valence-electron chi connectivity index (χ4n) is 2.49. The van der Waals surface area contributed by atoms with Crippen LogP contribution in [0.5, 0.6) is 0 Å². The van der Waals surface area contributed by atoms with Crippen LogP contribution in [0.1, 0.15) is 36.8 Å². The van der Waals surface area contributed by atoms with Crippen LogP contribution in [0.4, 0.5) is 0 Å². The lowest BCUT2D eigenvalue weighted by Gasteiger charge is -2.33. The van der Waals surface area contributed by atoms with E-state index < -0.39 is 11.4 Å². The predicted octanol–water partition coefficient (Wildman–Crippen LogP) is 2.13. The molecule has 0 atom stereocenters. The van der Waals surface area contributed by atoms with Gasteiger partial charge in [0, 0.05) is 18.4 Å². The third-order valence-electron chi connectivity index (χ3n) is 3.65. The van der Waals surface area contributed by atoms with Gasteiger partial charge < -0.3 is 5.11 Å². The Hall–Kier alpha value is -2.08. The normalized spacial score (nSPS) is 18.1. The standard InChI is InChI=1S/C15H14O3/c1-2-11-4-3-5-12(10-11)15(14(17)18)8-6-13(16)7-9-15/h1,3-5,10H,6-9H2,(H,17,18). The van der Waals surface area contributed by atoms with Crippen LogP contribution in [0.15, 0.2) is 24.3 Å². The van der Waals surface area contributed by atoms with Crippen molar-refractivity contribution in [3.63, 3.8) is 0 Å². The van der Waals surface area contributed by atoms with Crippen LogP contribution in [-0.2, 0) is 15.0 Å². The summed E-state index contributed by atoms with van der Waals surface area (Å²) in [6, 6.07) is 7.06. The third kappa shape index (κ3) is 2.02. The number of terminal acetylenes is 1. The van der Waals surface area contributed by atoms with Crippen molar-refractivity contribution in [3.8, 4) is 12.3 Å². The van der Waals surface area contributed by atoms with Gasteiger partial charge in [-0.3, -0.25) is 9.59 Å². The molecule has 3 nitrogen and oxygen atoms in total. The van der Waals surface area contributed by atoms with E-state index in [1.54, 1.807) is 24.3 Å². The van der Waals surface area contributed by atoms with Crippen molar-refractivity contribution in [3.05, 3.63) is 35.4 Å². The van der Waals surface area contributed by atoms with E-state index in [1.807, 2.05) is 0 Å². The Balaban J connectivity index is 2.45. The smallest absolute Gasteiger partial charge is 0.314 e. The van der Waals surface area contributed by atoms with Crippen molar-refractivity contribution in [1.82, 2.24) is 0 Å². The second kappa shape index (κ2) is 4.66. The summed E-state index contributed by atoms with van der Waals surface area (Å²) in [5, 5.41) is 9.53. The molecular formula is C15H14O3. The summed E-state index contributed by atoms with van der Waals surface area (Å²) in [5.41, 5.74) is 0.420. The topological polar surface area (TPSA) is 54.4 Å². The average molecular weight is 242 g/mol. The highest BCUT2D eigenvalue weighted by molar-refractivity contribution is 5.87. The molecule has 0 radical (unpaired) electrons. The van der Waals surface area contributed by atoms with Gasteiger partial charge in [-0.25, -0.2) is 0 Å². The minimum atomic E-state index is -0.958.